The Hall–Kier alpha value is -3.13. The van der Waals surface area contributed by atoms with Crippen LogP contribution in [0.15, 0.2) is 54.6 Å². The Morgan fingerprint density at radius 1 is 0.618 bits per heavy atom. The number of hydrogen-bond donors (Lipinski definition) is 2. The highest BCUT2D eigenvalue weighted by Gasteiger charge is 2.89. The number of alkyl halides is 12. The standard InChI is InChI=1S/C19H12F12N2O/c20-13(21)15(22,23)17(26,27)19(30,31)18(28,29)16(24,25)14(34)33-12-8-6-11(7-9-12)32-10-4-2-1-3-5-10/h1-9,13,32H,(H,33,34). The molecule has 0 spiro atoms. The second kappa shape index (κ2) is 8.91. The van der Waals surface area contributed by atoms with Crippen molar-refractivity contribution in [2.45, 2.75) is 36.0 Å². The zero-order valence-electron chi connectivity index (χ0n) is 16.2. The van der Waals surface area contributed by atoms with Gasteiger partial charge in [-0.25, -0.2) is 8.78 Å². The van der Waals surface area contributed by atoms with Crippen molar-refractivity contribution in [1.82, 2.24) is 0 Å². The van der Waals surface area contributed by atoms with E-state index < -0.39 is 47.6 Å². The van der Waals surface area contributed by atoms with Crippen LogP contribution in [-0.4, -0.2) is 41.9 Å². The van der Waals surface area contributed by atoms with Crippen LogP contribution in [0.25, 0.3) is 0 Å². The summed E-state index contributed by atoms with van der Waals surface area (Å²) in [5.74, 6) is -40.1. The van der Waals surface area contributed by atoms with E-state index in [0.717, 1.165) is 29.6 Å². The van der Waals surface area contributed by atoms with Gasteiger partial charge in [0.25, 0.3) is 0 Å². The van der Waals surface area contributed by atoms with Gasteiger partial charge in [0, 0.05) is 17.1 Å². The molecule has 188 valence electrons. The van der Waals surface area contributed by atoms with E-state index in [9.17, 15) is 57.5 Å². The summed E-state index contributed by atoms with van der Waals surface area (Å²) in [4.78, 5) is 11.5. The van der Waals surface area contributed by atoms with Gasteiger partial charge in [-0.15, -0.1) is 0 Å². The van der Waals surface area contributed by atoms with Crippen molar-refractivity contribution in [3.63, 3.8) is 0 Å². The second-order valence-electron chi connectivity index (χ2n) is 6.74. The fraction of sp³-hybridized carbons (Fsp3) is 0.316. The predicted octanol–water partition coefficient (Wildman–Crippen LogP) is 6.81. The van der Waals surface area contributed by atoms with Gasteiger partial charge >= 0.3 is 41.9 Å². The highest BCUT2D eigenvalue weighted by atomic mass is 19.4. The van der Waals surface area contributed by atoms with E-state index in [1.165, 1.54) is 0 Å². The number of rotatable bonds is 9. The fourth-order valence-corrected chi connectivity index (χ4v) is 2.42. The molecular weight excluding hydrogens is 500 g/mol. The average Bonchev–Trinajstić information content (AvgIpc) is 2.75. The Kier molecular flexibility index (Phi) is 7.10. The monoisotopic (exact) mass is 512 g/mol. The summed E-state index contributed by atoms with van der Waals surface area (Å²) < 4.78 is 158. The number of nitrogens with one attached hydrogen (secondary N) is 2. The van der Waals surface area contributed by atoms with Crippen molar-refractivity contribution in [3.8, 4) is 0 Å². The maximum atomic E-state index is 13.8. The van der Waals surface area contributed by atoms with Gasteiger partial charge in [0.15, 0.2) is 0 Å². The SMILES string of the molecule is O=C(Nc1ccc(Nc2ccccc2)cc1)C(F)(F)C(F)(F)C(F)(F)C(F)(F)C(F)(F)C(F)F. The summed E-state index contributed by atoms with van der Waals surface area (Å²) in [6, 6.07) is 12.1. The molecule has 0 radical (unpaired) electrons. The molecule has 2 aromatic carbocycles. The van der Waals surface area contributed by atoms with E-state index in [1.54, 1.807) is 30.3 Å². The summed E-state index contributed by atoms with van der Waals surface area (Å²) in [6.45, 7) is 0. The molecule has 0 bridgehead atoms. The van der Waals surface area contributed by atoms with Crippen LogP contribution in [0.2, 0.25) is 0 Å². The number of carbonyl (C=O) groups excluding carboxylic acids is 1. The number of halogens is 12. The molecule has 0 saturated heterocycles. The molecule has 0 aromatic heterocycles. The average molecular weight is 512 g/mol. The summed E-state index contributed by atoms with van der Waals surface area (Å²) in [7, 11) is 0. The third kappa shape index (κ3) is 4.46. The Balaban J connectivity index is 2.25. The first-order chi connectivity index (χ1) is 15.4. The molecule has 1 amide bonds. The zero-order chi connectivity index (χ0) is 26.2. The molecule has 34 heavy (non-hydrogen) atoms. The van der Waals surface area contributed by atoms with Crippen LogP contribution in [0.4, 0.5) is 69.7 Å². The molecule has 2 aromatic rings. The van der Waals surface area contributed by atoms with Crippen LogP contribution in [0.5, 0.6) is 0 Å². The van der Waals surface area contributed by atoms with Crippen molar-refractivity contribution in [2.24, 2.45) is 0 Å². The predicted molar refractivity (Wildman–Crippen MR) is 95.5 cm³/mol. The molecule has 0 fully saturated rings. The van der Waals surface area contributed by atoms with Crippen molar-refractivity contribution in [2.75, 3.05) is 10.6 Å². The molecular formula is C19H12F12N2O. The van der Waals surface area contributed by atoms with E-state index in [-0.39, 0.29) is 5.69 Å². The first-order valence-electron chi connectivity index (χ1n) is 8.80. The van der Waals surface area contributed by atoms with E-state index in [4.69, 9.17) is 0 Å². The molecule has 2 N–H and O–H groups in total. The lowest BCUT2D eigenvalue weighted by Gasteiger charge is -2.38. The molecule has 0 atom stereocenters. The first-order valence-corrected chi connectivity index (χ1v) is 8.80. The van der Waals surface area contributed by atoms with Gasteiger partial charge in [-0.3, -0.25) is 4.79 Å². The summed E-state index contributed by atoms with van der Waals surface area (Å²) >= 11 is 0. The molecule has 0 aliphatic rings. The lowest BCUT2D eigenvalue weighted by Crippen LogP contribution is -2.70. The summed E-state index contributed by atoms with van der Waals surface area (Å²) in [5.41, 5.74) is 0.128. The molecule has 0 unspecified atom stereocenters. The normalized spacial score (nSPS) is 13.7. The Morgan fingerprint density at radius 2 is 1.06 bits per heavy atom. The van der Waals surface area contributed by atoms with E-state index >= 15 is 0 Å². The van der Waals surface area contributed by atoms with Crippen LogP contribution >= 0.6 is 0 Å². The first kappa shape index (κ1) is 27.1. The number of anilines is 3. The van der Waals surface area contributed by atoms with Gasteiger partial charge in [-0.05, 0) is 36.4 Å². The van der Waals surface area contributed by atoms with E-state index in [0.29, 0.717) is 5.69 Å². The number of hydrogen-bond acceptors (Lipinski definition) is 2. The van der Waals surface area contributed by atoms with Crippen molar-refractivity contribution in [1.29, 1.82) is 0 Å². The molecule has 0 aliphatic heterocycles. The van der Waals surface area contributed by atoms with Crippen LogP contribution < -0.4 is 10.6 Å². The number of para-hydroxylation sites is 1. The minimum absolute atomic E-state index is 0.279. The van der Waals surface area contributed by atoms with Crippen molar-refractivity contribution < 1.29 is 57.5 Å². The smallest absolute Gasteiger partial charge is 0.356 e. The number of benzene rings is 2. The molecule has 0 saturated carbocycles. The number of amides is 1. The van der Waals surface area contributed by atoms with E-state index in [1.807, 2.05) is 0 Å². The summed E-state index contributed by atoms with van der Waals surface area (Å²) in [5, 5.41) is 3.86. The van der Waals surface area contributed by atoms with Crippen LogP contribution in [0.1, 0.15) is 0 Å². The maximum Gasteiger partial charge on any atom is 0.393 e. The molecule has 3 nitrogen and oxygen atoms in total. The third-order valence-electron chi connectivity index (χ3n) is 4.37. The quantitative estimate of drug-likeness (QED) is 0.363. The van der Waals surface area contributed by atoms with Crippen LogP contribution in [-0.2, 0) is 4.79 Å². The third-order valence-corrected chi connectivity index (χ3v) is 4.37. The van der Waals surface area contributed by atoms with E-state index in [2.05, 4.69) is 5.32 Å². The van der Waals surface area contributed by atoms with Crippen molar-refractivity contribution in [3.05, 3.63) is 54.6 Å². The Morgan fingerprint density at radius 3 is 1.53 bits per heavy atom. The molecule has 0 aliphatic carbocycles. The van der Waals surface area contributed by atoms with Crippen molar-refractivity contribution >= 4 is 23.0 Å². The van der Waals surface area contributed by atoms with Gasteiger partial charge in [0.1, 0.15) is 0 Å². The lowest BCUT2D eigenvalue weighted by molar-refractivity contribution is -0.406. The highest BCUT2D eigenvalue weighted by molar-refractivity contribution is 5.97. The van der Waals surface area contributed by atoms with Gasteiger partial charge in [-0.2, -0.15) is 43.9 Å². The fourth-order valence-electron chi connectivity index (χ4n) is 2.42. The lowest BCUT2D eigenvalue weighted by atomic mass is 9.94. The summed E-state index contributed by atoms with van der Waals surface area (Å²) in [6.07, 6.45) is -5.62. The second-order valence-corrected chi connectivity index (χ2v) is 6.74. The Labute approximate surface area is 182 Å². The van der Waals surface area contributed by atoms with Gasteiger partial charge in [0.05, 0.1) is 0 Å². The topological polar surface area (TPSA) is 41.1 Å². The zero-order valence-corrected chi connectivity index (χ0v) is 16.2. The minimum atomic E-state index is -7.77. The largest absolute Gasteiger partial charge is 0.393 e. The van der Waals surface area contributed by atoms with Gasteiger partial charge < -0.3 is 10.6 Å². The van der Waals surface area contributed by atoms with Gasteiger partial charge in [-0.1, -0.05) is 18.2 Å². The minimum Gasteiger partial charge on any atom is -0.356 e. The number of carbonyl (C=O) groups is 1. The van der Waals surface area contributed by atoms with Crippen LogP contribution in [0, 0.1) is 0 Å². The maximum absolute atomic E-state index is 13.8. The Bertz CT molecular complexity index is 994. The highest BCUT2D eigenvalue weighted by Crippen LogP contribution is 2.58. The molecule has 0 heterocycles. The molecule has 2 rings (SSSR count). The van der Waals surface area contributed by atoms with Crippen LogP contribution in [0.3, 0.4) is 0 Å². The van der Waals surface area contributed by atoms with Gasteiger partial charge in [0.2, 0.25) is 0 Å². The molecule has 15 heteroatoms.